The first-order chi connectivity index (χ1) is 14.1. The van der Waals surface area contributed by atoms with Gasteiger partial charge in [-0.25, -0.2) is 0 Å². The summed E-state index contributed by atoms with van der Waals surface area (Å²) in [6.45, 7) is 13.9. The van der Waals surface area contributed by atoms with Crippen LogP contribution in [0.5, 0.6) is 0 Å². The molecule has 0 rings (SSSR count). The van der Waals surface area contributed by atoms with E-state index < -0.39 is 0 Å². The summed E-state index contributed by atoms with van der Waals surface area (Å²) in [5, 5.41) is 0. The second kappa shape index (κ2) is 19.1. The zero-order chi connectivity index (χ0) is 21.8. The first-order valence-corrected chi connectivity index (χ1v) is 16.5. The summed E-state index contributed by atoms with van der Waals surface area (Å²) >= 11 is 0. The first-order valence-electron chi connectivity index (χ1n) is 13.3. The van der Waals surface area contributed by atoms with Crippen molar-refractivity contribution < 1.29 is 8.85 Å². The fourth-order valence-electron chi connectivity index (χ4n) is 4.40. The number of unbranched alkanes of at least 4 members (excludes halogenated alkanes) is 4. The van der Waals surface area contributed by atoms with Crippen LogP contribution in [0.4, 0.5) is 0 Å². The fraction of sp³-hybridized carbons (Fsp3) is 1.00. The van der Waals surface area contributed by atoms with Crippen molar-refractivity contribution in [3.8, 4) is 0 Å². The molecule has 0 unspecified atom stereocenters. The third-order valence-electron chi connectivity index (χ3n) is 6.84. The zero-order valence-electron chi connectivity index (χ0n) is 21.3. The monoisotopic (exact) mass is 444 g/mol. The van der Waals surface area contributed by atoms with E-state index in [-0.39, 0.29) is 30.7 Å². The van der Waals surface area contributed by atoms with Gasteiger partial charge < -0.3 is 8.85 Å². The largest absolute Gasteiger partial charge is 0.419 e. The van der Waals surface area contributed by atoms with Crippen molar-refractivity contribution in [3.63, 3.8) is 0 Å². The summed E-state index contributed by atoms with van der Waals surface area (Å²) in [4.78, 5) is 0. The Labute approximate surface area is 189 Å². The van der Waals surface area contributed by atoms with Crippen LogP contribution in [0.1, 0.15) is 138 Å². The smallest absolute Gasteiger partial charge is 0.162 e. The van der Waals surface area contributed by atoms with E-state index in [1.807, 2.05) is 0 Å². The SMILES string of the molecule is CCCCC(CC)(CCCC)O[SiH2]CCC[SiH2]OC(CC)(CCCC)CCCC. The number of hydrogen-bond acceptors (Lipinski definition) is 2. The number of rotatable bonds is 22. The lowest BCUT2D eigenvalue weighted by atomic mass is 9.88. The average molecular weight is 445 g/mol. The van der Waals surface area contributed by atoms with E-state index in [0.717, 1.165) is 0 Å². The lowest BCUT2D eigenvalue weighted by Crippen LogP contribution is -2.34. The molecule has 0 saturated carbocycles. The van der Waals surface area contributed by atoms with Gasteiger partial charge in [-0.05, 0) is 50.6 Å². The molecule has 4 heteroatoms. The molecule has 0 saturated heterocycles. The van der Waals surface area contributed by atoms with Crippen molar-refractivity contribution in [3.05, 3.63) is 0 Å². The molecule has 0 aliphatic heterocycles. The van der Waals surface area contributed by atoms with Gasteiger partial charge in [0.05, 0.1) is 11.2 Å². The summed E-state index contributed by atoms with van der Waals surface area (Å²) < 4.78 is 13.3. The minimum absolute atomic E-state index is 0.212. The Hall–Kier alpha value is 0.354. The summed E-state index contributed by atoms with van der Waals surface area (Å²) in [7, 11) is -0.774. The quantitative estimate of drug-likeness (QED) is 0.127. The molecule has 0 aliphatic carbocycles. The third kappa shape index (κ3) is 13.4. The van der Waals surface area contributed by atoms with E-state index in [4.69, 9.17) is 8.85 Å². The summed E-state index contributed by atoms with van der Waals surface area (Å²) in [6.07, 6.45) is 19.3. The molecule has 0 bridgehead atoms. The molecule has 0 radical (unpaired) electrons. The Morgan fingerprint density at radius 3 is 1.03 bits per heavy atom. The van der Waals surface area contributed by atoms with Crippen LogP contribution in [0, 0.1) is 0 Å². The lowest BCUT2D eigenvalue weighted by Gasteiger charge is -2.34. The van der Waals surface area contributed by atoms with Crippen LogP contribution in [0.15, 0.2) is 0 Å². The van der Waals surface area contributed by atoms with E-state index in [1.165, 1.54) is 108 Å². The minimum atomic E-state index is -0.387. The Balaban J connectivity index is 4.28. The molecule has 0 aromatic heterocycles. The van der Waals surface area contributed by atoms with Crippen LogP contribution in [0.2, 0.25) is 12.1 Å². The molecule has 0 amide bonds. The van der Waals surface area contributed by atoms with Crippen LogP contribution in [-0.2, 0) is 8.85 Å². The predicted octanol–water partition coefficient (Wildman–Crippen LogP) is 7.47. The molecule has 0 heterocycles. The van der Waals surface area contributed by atoms with Crippen molar-refractivity contribution >= 4 is 19.5 Å². The first kappa shape index (κ1) is 29.4. The summed E-state index contributed by atoms with van der Waals surface area (Å²) in [5.41, 5.74) is 0.424. The van der Waals surface area contributed by atoms with Crippen LogP contribution >= 0.6 is 0 Å². The molecule has 0 atom stereocenters. The van der Waals surface area contributed by atoms with Crippen LogP contribution in [0.25, 0.3) is 0 Å². The Morgan fingerprint density at radius 2 is 0.793 bits per heavy atom. The van der Waals surface area contributed by atoms with Crippen molar-refractivity contribution in [2.24, 2.45) is 0 Å². The van der Waals surface area contributed by atoms with Gasteiger partial charge in [0.2, 0.25) is 0 Å². The van der Waals surface area contributed by atoms with E-state index in [9.17, 15) is 0 Å². The molecular weight excluding hydrogens is 388 g/mol. The molecule has 176 valence electrons. The van der Waals surface area contributed by atoms with Crippen molar-refractivity contribution in [1.82, 2.24) is 0 Å². The maximum Gasteiger partial charge on any atom is 0.162 e. The predicted molar refractivity (Wildman–Crippen MR) is 138 cm³/mol. The maximum atomic E-state index is 6.67. The second-order valence-corrected chi connectivity index (χ2v) is 12.1. The summed E-state index contributed by atoms with van der Waals surface area (Å²) in [6, 6.07) is 2.69. The van der Waals surface area contributed by atoms with Crippen LogP contribution in [-0.4, -0.2) is 30.7 Å². The highest BCUT2D eigenvalue weighted by molar-refractivity contribution is 6.29. The van der Waals surface area contributed by atoms with E-state index in [1.54, 1.807) is 0 Å². The standard InChI is InChI=1S/C25H56O2Si2/c1-7-13-18-24(11-5,19-14-8-2)26-28-22-17-23-29-27-25(12-6,20-15-9-3)21-16-10-4/h7-23,28-29H2,1-6H3. The molecule has 0 N–H and O–H groups in total. The average Bonchev–Trinajstić information content (AvgIpc) is 2.76. The van der Waals surface area contributed by atoms with Crippen molar-refractivity contribution in [2.75, 3.05) is 0 Å². The highest BCUT2D eigenvalue weighted by Crippen LogP contribution is 2.31. The second-order valence-electron chi connectivity index (χ2n) is 9.24. The molecular formula is C25H56O2Si2. The van der Waals surface area contributed by atoms with Gasteiger partial charge in [-0.3, -0.25) is 0 Å². The van der Waals surface area contributed by atoms with Gasteiger partial charge in [0, 0.05) is 0 Å². The van der Waals surface area contributed by atoms with Crippen molar-refractivity contribution in [2.45, 2.75) is 161 Å². The normalized spacial score (nSPS) is 13.4. The molecule has 29 heavy (non-hydrogen) atoms. The molecule has 0 aromatic carbocycles. The molecule has 0 fully saturated rings. The van der Waals surface area contributed by atoms with Gasteiger partial charge in [-0.1, -0.05) is 99.3 Å². The Bertz CT molecular complexity index is 302. The van der Waals surface area contributed by atoms with Gasteiger partial charge >= 0.3 is 0 Å². The van der Waals surface area contributed by atoms with Crippen molar-refractivity contribution in [1.29, 1.82) is 0 Å². The van der Waals surface area contributed by atoms with Gasteiger partial charge in [-0.2, -0.15) is 0 Å². The minimum Gasteiger partial charge on any atom is -0.419 e. The molecule has 0 aliphatic rings. The van der Waals surface area contributed by atoms with E-state index in [0.29, 0.717) is 0 Å². The molecule has 0 aromatic rings. The third-order valence-corrected chi connectivity index (χ3v) is 10.0. The highest BCUT2D eigenvalue weighted by atomic mass is 28.2. The number of hydrogen-bond donors (Lipinski definition) is 0. The van der Waals surface area contributed by atoms with Gasteiger partial charge in [0.1, 0.15) is 0 Å². The van der Waals surface area contributed by atoms with Crippen LogP contribution in [0.3, 0.4) is 0 Å². The Morgan fingerprint density at radius 1 is 0.483 bits per heavy atom. The van der Waals surface area contributed by atoms with Crippen LogP contribution < -0.4 is 0 Å². The van der Waals surface area contributed by atoms with Gasteiger partial charge in [-0.15, -0.1) is 0 Å². The molecule has 0 spiro atoms. The molecule has 2 nitrogen and oxygen atoms in total. The van der Waals surface area contributed by atoms with Gasteiger partial charge in [0.25, 0.3) is 0 Å². The zero-order valence-corrected chi connectivity index (χ0v) is 24.1. The highest BCUT2D eigenvalue weighted by Gasteiger charge is 2.28. The lowest BCUT2D eigenvalue weighted by molar-refractivity contribution is 0.0441. The van der Waals surface area contributed by atoms with E-state index >= 15 is 0 Å². The summed E-state index contributed by atoms with van der Waals surface area (Å²) in [5.74, 6) is 0. The van der Waals surface area contributed by atoms with E-state index in [2.05, 4.69) is 41.5 Å². The topological polar surface area (TPSA) is 18.5 Å². The fourth-order valence-corrected chi connectivity index (χ4v) is 8.37. The van der Waals surface area contributed by atoms with Gasteiger partial charge in [0.15, 0.2) is 19.5 Å². The Kier molecular flexibility index (Phi) is 19.3. The maximum absolute atomic E-state index is 6.67.